The fourth-order valence-electron chi connectivity index (χ4n) is 1.38. The number of hydrogen-bond acceptors (Lipinski definition) is 5. The van der Waals surface area contributed by atoms with Crippen LogP contribution >= 0.6 is 0 Å². The molecule has 0 fully saturated rings. The van der Waals surface area contributed by atoms with Crippen LogP contribution in [-0.4, -0.2) is 15.1 Å². The first-order valence-corrected chi connectivity index (χ1v) is 5.21. The zero-order valence-corrected chi connectivity index (χ0v) is 9.37. The maximum Gasteiger partial charge on any atom is 0.269 e. The minimum atomic E-state index is -0.462. The van der Waals surface area contributed by atoms with Gasteiger partial charge < -0.3 is 4.52 Å². The van der Waals surface area contributed by atoms with Gasteiger partial charge in [0.25, 0.3) is 11.6 Å². The molecule has 0 unspecified atom stereocenters. The summed E-state index contributed by atoms with van der Waals surface area (Å²) in [6, 6.07) is 5.91. The van der Waals surface area contributed by atoms with E-state index in [1.807, 2.05) is 0 Å². The van der Waals surface area contributed by atoms with Crippen LogP contribution in [0.2, 0.25) is 0 Å². The third-order valence-corrected chi connectivity index (χ3v) is 2.29. The number of benzene rings is 1. The number of nitro groups is 1. The van der Waals surface area contributed by atoms with Gasteiger partial charge in [-0.2, -0.15) is 4.98 Å². The molecule has 1 heterocycles. The molecule has 6 nitrogen and oxygen atoms in total. The Balaban J connectivity index is 2.18. The molecule has 2 aromatic rings. The van der Waals surface area contributed by atoms with E-state index in [1.165, 1.54) is 12.1 Å². The molecule has 0 spiro atoms. The van der Waals surface area contributed by atoms with Gasteiger partial charge in [0.1, 0.15) is 0 Å². The van der Waals surface area contributed by atoms with Crippen molar-refractivity contribution in [2.45, 2.75) is 12.8 Å². The molecule has 1 aromatic heterocycles. The lowest BCUT2D eigenvalue weighted by atomic mass is 10.2. The maximum atomic E-state index is 10.5. The molecule has 0 saturated carbocycles. The lowest BCUT2D eigenvalue weighted by Crippen LogP contribution is -1.88. The maximum absolute atomic E-state index is 10.5. The number of aryl methyl sites for hydroxylation is 1. The number of terminal acetylenes is 1. The average molecular weight is 243 g/mol. The van der Waals surface area contributed by atoms with Gasteiger partial charge in [0.15, 0.2) is 5.82 Å². The van der Waals surface area contributed by atoms with Gasteiger partial charge in [0, 0.05) is 30.5 Å². The number of nitro benzene ring substituents is 1. The zero-order chi connectivity index (χ0) is 13.0. The Morgan fingerprint density at radius 3 is 2.72 bits per heavy atom. The normalized spacial score (nSPS) is 9.94. The van der Waals surface area contributed by atoms with Crippen LogP contribution in [0.3, 0.4) is 0 Å². The lowest BCUT2D eigenvalue weighted by molar-refractivity contribution is -0.384. The zero-order valence-electron chi connectivity index (χ0n) is 9.37. The van der Waals surface area contributed by atoms with Crippen LogP contribution in [0, 0.1) is 22.5 Å². The molecule has 2 rings (SSSR count). The molecule has 90 valence electrons. The molecule has 1 aromatic carbocycles. The predicted molar refractivity (Wildman–Crippen MR) is 63.5 cm³/mol. The predicted octanol–water partition coefficient (Wildman–Crippen LogP) is 2.21. The summed E-state index contributed by atoms with van der Waals surface area (Å²) < 4.78 is 5.05. The molecule has 0 saturated heterocycles. The summed E-state index contributed by atoms with van der Waals surface area (Å²) in [6.07, 6.45) is 6.23. The van der Waals surface area contributed by atoms with Crippen LogP contribution in [0.1, 0.15) is 12.2 Å². The van der Waals surface area contributed by atoms with E-state index in [1.54, 1.807) is 12.1 Å². The molecule has 0 amide bonds. The second-order valence-corrected chi connectivity index (χ2v) is 3.52. The van der Waals surface area contributed by atoms with Crippen molar-refractivity contribution < 1.29 is 9.45 Å². The summed E-state index contributed by atoms with van der Waals surface area (Å²) in [5, 5.41) is 14.3. The monoisotopic (exact) mass is 243 g/mol. The highest BCUT2D eigenvalue weighted by atomic mass is 16.6. The number of hydrogen-bond donors (Lipinski definition) is 0. The Bertz CT molecular complexity index is 596. The molecule has 18 heavy (non-hydrogen) atoms. The molecule has 0 aliphatic rings. The average Bonchev–Trinajstić information content (AvgIpc) is 2.85. The van der Waals surface area contributed by atoms with Gasteiger partial charge in [0.2, 0.25) is 0 Å². The topological polar surface area (TPSA) is 82.1 Å². The van der Waals surface area contributed by atoms with Gasteiger partial charge in [-0.05, 0) is 12.1 Å². The molecular formula is C12H9N3O3. The highest BCUT2D eigenvalue weighted by molar-refractivity contribution is 5.55. The summed E-state index contributed by atoms with van der Waals surface area (Å²) in [7, 11) is 0. The second kappa shape index (κ2) is 5.10. The van der Waals surface area contributed by atoms with Crippen molar-refractivity contribution in [1.82, 2.24) is 10.1 Å². The lowest BCUT2D eigenvalue weighted by Gasteiger charge is -1.93. The van der Waals surface area contributed by atoms with Crippen molar-refractivity contribution >= 4 is 5.69 Å². The van der Waals surface area contributed by atoms with Gasteiger partial charge >= 0.3 is 0 Å². The van der Waals surface area contributed by atoms with E-state index >= 15 is 0 Å². The van der Waals surface area contributed by atoms with Gasteiger partial charge in [-0.1, -0.05) is 5.16 Å². The van der Waals surface area contributed by atoms with Crippen LogP contribution < -0.4 is 0 Å². The van der Waals surface area contributed by atoms with Gasteiger partial charge in [-0.25, -0.2) is 0 Å². The molecule has 0 N–H and O–H groups in total. The van der Waals surface area contributed by atoms with E-state index in [9.17, 15) is 10.1 Å². The summed E-state index contributed by atoms with van der Waals surface area (Å²) in [6.45, 7) is 0. The van der Waals surface area contributed by atoms with E-state index in [0.29, 0.717) is 30.1 Å². The second-order valence-electron chi connectivity index (χ2n) is 3.52. The SMILES string of the molecule is C#CCCc1noc(-c2ccc([N+](=O)[O-])cc2)n1. The number of rotatable bonds is 4. The fraction of sp³-hybridized carbons (Fsp3) is 0.167. The molecule has 0 bridgehead atoms. The number of non-ortho nitro benzene ring substituents is 1. The largest absolute Gasteiger partial charge is 0.334 e. The van der Waals surface area contributed by atoms with Crippen molar-refractivity contribution in [3.63, 3.8) is 0 Å². The van der Waals surface area contributed by atoms with Crippen molar-refractivity contribution in [2.75, 3.05) is 0 Å². The number of nitrogens with zero attached hydrogens (tertiary/aromatic N) is 3. The Morgan fingerprint density at radius 1 is 1.39 bits per heavy atom. The van der Waals surface area contributed by atoms with E-state index in [2.05, 4.69) is 16.1 Å². The van der Waals surface area contributed by atoms with Crippen molar-refractivity contribution in [2.24, 2.45) is 0 Å². The Morgan fingerprint density at radius 2 is 2.11 bits per heavy atom. The first-order valence-electron chi connectivity index (χ1n) is 5.21. The minimum Gasteiger partial charge on any atom is -0.334 e. The molecule has 0 radical (unpaired) electrons. The van der Waals surface area contributed by atoms with E-state index in [4.69, 9.17) is 10.9 Å². The van der Waals surface area contributed by atoms with Crippen LogP contribution in [0.15, 0.2) is 28.8 Å². The first-order chi connectivity index (χ1) is 8.70. The fourth-order valence-corrected chi connectivity index (χ4v) is 1.38. The summed E-state index contributed by atoms with van der Waals surface area (Å²) in [5.74, 6) is 3.35. The van der Waals surface area contributed by atoms with Gasteiger partial charge in [-0.3, -0.25) is 10.1 Å². The van der Waals surface area contributed by atoms with Crippen molar-refractivity contribution in [3.8, 4) is 23.8 Å². The molecule has 0 atom stereocenters. The standard InChI is InChI=1S/C12H9N3O3/c1-2-3-4-11-13-12(18-14-11)9-5-7-10(8-6-9)15(16)17/h1,5-8H,3-4H2. The molecular weight excluding hydrogens is 234 g/mol. The van der Waals surface area contributed by atoms with Crippen molar-refractivity contribution in [3.05, 3.63) is 40.2 Å². The van der Waals surface area contributed by atoms with Gasteiger partial charge in [-0.15, -0.1) is 12.3 Å². The van der Waals surface area contributed by atoms with E-state index in [-0.39, 0.29) is 5.69 Å². The number of aromatic nitrogens is 2. The minimum absolute atomic E-state index is 0.0193. The molecule has 0 aliphatic carbocycles. The molecule has 0 aliphatic heterocycles. The smallest absolute Gasteiger partial charge is 0.269 e. The Labute approximate surface area is 103 Å². The van der Waals surface area contributed by atoms with Crippen LogP contribution in [0.4, 0.5) is 5.69 Å². The molecule has 6 heteroatoms. The first kappa shape index (κ1) is 11.8. The van der Waals surface area contributed by atoms with Crippen LogP contribution in [-0.2, 0) is 6.42 Å². The van der Waals surface area contributed by atoms with E-state index < -0.39 is 4.92 Å². The Hall–Kier alpha value is -2.68. The highest BCUT2D eigenvalue weighted by Crippen LogP contribution is 2.20. The highest BCUT2D eigenvalue weighted by Gasteiger charge is 2.10. The summed E-state index contributed by atoms with van der Waals surface area (Å²) in [4.78, 5) is 14.2. The quantitative estimate of drug-likeness (QED) is 0.467. The third kappa shape index (κ3) is 2.52. The van der Waals surface area contributed by atoms with Crippen LogP contribution in [0.25, 0.3) is 11.5 Å². The summed E-state index contributed by atoms with van der Waals surface area (Å²) >= 11 is 0. The van der Waals surface area contributed by atoms with Crippen LogP contribution in [0.5, 0.6) is 0 Å². The van der Waals surface area contributed by atoms with E-state index in [0.717, 1.165) is 0 Å². The Kier molecular flexibility index (Phi) is 3.34. The summed E-state index contributed by atoms with van der Waals surface area (Å²) in [5.41, 5.74) is 0.658. The third-order valence-electron chi connectivity index (χ3n) is 2.29. The van der Waals surface area contributed by atoms with Gasteiger partial charge in [0.05, 0.1) is 4.92 Å². The van der Waals surface area contributed by atoms with Crippen molar-refractivity contribution in [1.29, 1.82) is 0 Å².